The number of hydrogen-bond acceptors (Lipinski definition) is 4. The number of aryl methyl sites for hydroxylation is 1. The molecule has 23 heavy (non-hydrogen) atoms. The Balaban J connectivity index is 2.27. The molecule has 1 aromatic carbocycles. The molecule has 0 aliphatic heterocycles. The van der Waals surface area contributed by atoms with E-state index >= 15 is 0 Å². The van der Waals surface area contributed by atoms with Crippen LogP contribution in [0.5, 0.6) is 0 Å². The third-order valence-corrected chi connectivity index (χ3v) is 5.22. The molecule has 1 aromatic rings. The van der Waals surface area contributed by atoms with Gasteiger partial charge in [0.1, 0.15) is 6.10 Å². The summed E-state index contributed by atoms with van der Waals surface area (Å²) in [5.41, 5.74) is 2.91. The minimum atomic E-state index is -3.76. The highest BCUT2D eigenvalue weighted by molar-refractivity contribution is 7.89. The van der Waals surface area contributed by atoms with E-state index in [1.165, 1.54) is 12.1 Å². The first-order valence-electron chi connectivity index (χ1n) is 7.39. The molecule has 2 rings (SSSR count). The molecular formula is C17H22N2O3S. The minimum Gasteiger partial charge on any atom is -0.386 e. The fourth-order valence-corrected chi connectivity index (χ4v) is 3.28. The zero-order valence-electron chi connectivity index (χ0n) is 13.6. The van der Waals surface area contributed by atoms with Crippen LogP contribution in [0.1, 0.15) is 25.8 Å². The Morgan fingerprint density at radius 2 is 1.91 bits per heavy atom. The van der Waals surface area contributed by atoms with Crippen molar-refractivity contribution in [3.05, 3.63) is 53.6 Å². The van der Waals surface area contributed by atoms with Crippen molar-refractivity contribution in [1.82, 2.24) is 4.83 Å². The summed E-state index contributed by atoms with van der Waals surface area (Å²) in [7, 11) is -3.76. The predicted octanol–water partition coefficient (Wildman–Crippen LogP) is 2.53. The van der Waals surface area contributed by atoms with Gasteiger partial charge in [-0.3, -0.25) is 0 Å². The van der Waals surface area contributed by atoms with Crippen LogP contribution in [0.15, 0.2) is 58.1 Å². The molecule has 0 fully saturated rings. The number of sulfonamides is 1. The zero-order chi connectivity index (χ0) is 17.2. The van der Waals surface area contributed by atoms with Crippen LogP contribution in [0.25, 0.3) is 0 Å². The number of aliphatic hydroxyl groups excluding tert-OH is 1. The van der Waals surface area contributed by atoms with Crippen LogP contribution in [-0.2, 0) is 10.0 Å². The maximum absolute atomic E-state index is 12.3. The predicted molar refractivity (Wildman–Crippen MR) is 91.6 cm³/mol. The Bertz CT molecular complexity index is 762. The summed E-state index contributed by atoms with van der Waals surface area (Å²) in [5.74, 6) is -0.152. The van der Waals surface area contributed by atoms with Gasteiger partial charge in [0.05, 0.1) is 10.6 Å². The Morgan fingerprint density at radius 1 is 1.30 bits per heavy atom. The van der Waals surface area contributed by atoms with Gasteiger partial charge in [0.15, 0.2) is 0 Å². The highest BCUT2D eigenvalue weighted by Gasteiger charge is 2.29. The van der Waals surface area contributed by atoms with Crippen LogP contribution in [0.3, 0.4) is 0 Å². The van der Waals surface area contributed by atoms with Crippen molar-refractivity contribution in [2.75, 3.05) is 0 Å². The molecule has 5 nitrogen and oxygen atoms in total. The molecule has 2 atom stereocenters. The fourth-order valence-electron chi connectivity index (χ4n) is 2.47. The SMILES string of the molecule is C=C(C)[C@@H]1CC=C(C)/C(=N/NS(=O)(=O)c2ccc(C)cc2)[C@@H]1O. The second kappa shape index (κ2) is 6.68. The summed E-state index contributed by atoms with van der Waals surface area (Å²) in [6.45, 7) is 9.40. The van der Waals surface area contributed by atoms with E-state index in [0.29, 0.717) is 12.1 Å². The summed E-state index contributed by atoms with van der Waals surface area (Å²) >= 11 is 0. The van der Waals surface area contributed by atoms with Gasteiger partial charge in [0.25, 0.3) is 10.0 Å². The zero-order valence-corrected chi connectivity index (χ0v) is 14.4. The van der Waals surface area contributed by atoms with E-state index in [1.54, 1.807) is 19.1 Å². The van der Waals surface area contributed by atoms with Crippen LogP contribution in [0.4, 0.5) is 0 Å². The van der Waals surface area contributed by atoms with Crippen molar-refractivity contribution in [1.29, 1.82) is 0 Å². The molecule has 2 N–H and O–H groups in total. The third kappa shape index (κ3) is 3.89. The quantitative estimate of drug-likeness (QED) is 0.656. The van der Waals surface area contributed by atoms with Gasteiger partial charge < -0.3 is 5.11 Å². The van der Waals surface area contributed by atoms with Gasteiger partial charge in [0.2, 0.25) is 0 Å². The van der Waals surface area contributed by atoms with Crippen LogP contribution < -0.4 is 4.83 Å². The van der Waals surface area contributed by atoms with E-state index in [0.717, 1.165) is 16.7 Å². The lowest BCUT2D eigenvalue weighted by atomic mass is 9.82. The van der Waals surface area contributed by atoms with Gasteiger partial charge in [-0.15, -0.1) is 0 Å². The van der Waals surface area contributed by atoms with Crippen molar-refractivity contribution in [2.45, 2.75) is 38.2 Å². The van der Waals surface area contributed by atoms with Crippen LogP contribution in [0.2, 0.25) is 0 Å². The summed E-state index contributed by atoms with van der Waals surface area (Å²) < 4.78 is 24.6. The first-order valence-corrected chi connectivity index (χ1v) is 8.87. The van der Waals surface area contributed by atoms with Crippen molar-refractivity contribution in [3.8, 4) is 0 Å². The number of rotatable bonds is 4. The summed E-state index contributed by atoms with van der Waals surface area (Å²) in [5, 5.41) is 14.4. The average Bonchev–Trinajstić information content (AvgIpc) is 2.47. The largest absolute Gasteiger partial charge is 0.386 e. The summed E-state index contributed by atoms with van der Waals surface area (Å²) in [6, 6.07) is 6.49. The minimum absolute atomic E-state index is 0.135. The number of hydrogen-bond donors (Lipinski definition) is 2. The molecule has 0 heterocycles. The maximum atomic E-state index is 12.3. The first kappa shape index (κ1) is 17.4. The van der Waals surface area contributed by atoms with Gasteiger partial charge >= 0.3 is 0 Å². The van der Waals surface area contributed by atoms with Crippen LogP contribution in [-0.4, -0.2) is 25.3 Å². The second-order valence-electron chi connectivity index (χ2n) is 5.93. The number of hydrazone groups is 1. The van der Waals surface area contributed by atoms with Crippen molar-refractivity contribution >= 4 is 15.7 Å². The number of benzene rings is 1. The van der Waals surface area contributed by atoms with E-state index in [2.05, 4.69) is 16.5 Å². The van der Waals surface area contributed by atoms with Gasteiger partial charge in [0, 0.05) is 5.92 Å². The highest BCUT2D eigenvalue weighted by atomic mass is 32.2. The van der Waals surface area contributed by atoms with E-state index in [4.69, 9.17) is 0 Å². The lowest BCUT2D eigenvalue weighted by Crippen LogP contribution is -2.36. The van der Waals surface area contributed by atoms with Gasteiger partial charge in [-0.25, -0.2) is 0 Å². The standard InChI is InChI=1S/C17H22N2O3S/c1-11(2)15-10-7-13(4)16(17(15)20)18-19-23(21,22)14-8-5-12(3)6-9-14/h5-9,15,17,19-20H,1,10H2,2-4H3/b18-16-/t15-,17+/m0/s1. The number of nitrogens with one attached hydrogen (secondary N) is 1. The Hall–Kier alpha value is -1.92. The van der Waals surface area contributed by atoms with Crippen molar-refractivity contribution in [3.63, 3.8) is 0 Å². The maximum Gasteiger partial charge on any atom is 0.276 e. The first-order chi connectivity index (χ1) is 10.7. The molecule has 0 unspecified atom stereocenters. The lowest BCUT2D eigenvalue weighted by Gasteiger charge is -2.28. The smallest absolute Gasteiger partial charge is 0.276 e. The molecule has 0 amide bonds. The molecule has 0 spiro atoms. The van der Waals surface area contributed by atoms with Crippen molar-refractivity contribution < 1.29 is 13.5 Å². The molecule has 124 valence electrons. The van der Waals surface area contributed by atoms with Crippen LogP contribution >= 0.6 is 0 Å². The van der Waals surface area contributed by atoms with Gasteiger partial charge in [-0.1, -0.05) is 35.9 Å². The molecule has 0 saturated heterocycles. The Morgan fingerprint density at radius 3 is 2.48 bits per heavy atom. The second-order valence-corrected chi connectivity index (χ2v) is 7.59. The average molecular weight is 334 g/mol. The Labute approximate surface area is 137 Å². The lowest BCUT2D eigenvalue weighted by molar-refractivity contribution is 0.187. The molecule has 1 aliphatic rings. The molecule has 0 aromatic heterocycles. The highest BCUT2D eigenvalue weighted by Crippen LogP contribution is 2.27. The summed E-state index contributed by atoms with van der Waals surface area (Å²) in [6.07, 6.45) is 1.75. The van der Waals surface area contributed by atoms with Gasteiger partial charge in [-0.2, -0.15) is 18.4 Å². The Kier molecular flexibility index (Phi) is 5.06. The molecule has 1 aliphatic carbocycles. The molecule has 6 heteroatoms. The monoisotopic (exact) mass is 334 g/mol. The molecule has 0 bridgehead atoms. The van der Waals surface area contributed by atoms with E-state index in [9.17, 15) is 13.5 Å². The molecule has 0 radical (unpaired) electrons. The van der Waals surface area contributed by atoms with Crippen LogP contribution in [0, 0.1) is 12.8 Å². The normalized spacial score (nSPS) is 23.5. The topological polar surface area (TPSA) is 78.8 Å². The molecular weight excluding hydrogens is 312 g/mol. The molecule has 0 saturated carbocycles. The number of aliphatic hydroxyl groups is 1. The fraction of sp³-hybridized carbons (Fsp3) is 0.353. The summed E-state index contributed by atoms with van der Waals surface area (Å²) in [4.78, 5) is 2.35. The van der Waals surface area contributed by atoms with E-state index in [1.807, 2.05) is 19.9 Å². The third-order valence-electron chi connectivity index (χ3n) is 3.99. The van der Waals surface area contributed by atoms with E-state index < -0.39 is 16.1 Å². The number of allylic oxidation sites excluding steroid dienone is 1. The van der Waals surface area contributed by atoms with E-state index in [-0.39, 0.29) is 10.8 Å². The van der Waals surface area contributed by atoms with Gasteiger partial charge in [-0.05, 0) is 44.9 Å². The van der Waals surface area contributed by atoms with Crippen molar-refractivity contribution in [2.24, 2.45) is 11.0 Å². The number of nitrogens with zero attached hydrogens (tertiary/aromatic N) is 1.